The van der Waals surface area contributed by atoms with Crippen LogP contribution < -0.4 is 11.1 Å². The van der Waals surface area contributed by atoms with Crippen molar-refractivity contribution in [2.75, 3.05) is 18.6 Å². The van der Waals surface area contributed by atoms with Crippen LogP contribution in [0.3, 0.4) is 0 Å². The van der Waals surface area contributed by atoms with E-state index in [1.165, 1.54) is 0 Å². The molecule has 1 saturated heterocycles. The number of thioether (sulfide) groups is 1. The second kappa shape index (κ2) is 4.49. The van der Waals surface area contributed by atoms with Crippen LogP contribution in [0.25, 0.3) is 0 Å². The highest BCUT2D eigenvalue weighted by molar-refractivity contribution is 8.00. The van der Waals surface area contributed by atoms with Gasteiger partial charge in [-0.3, -0.25) is 0 Å². The van der Waals surface area contributed by atoms with Gasteiger partial charge < -0.3 is 25.5 Å². The average Bonchev–Trinajstić information content (AvgIpc) is 2.93. The molecule has 0 unspecified atom stereocenters. The Bertz CT molecular complexity index is 487. The lowest BCUT2D eigenvalue weighted by molar-refractivity contribution is -0.0127. The number of nitrogens with one attached hydrogen (secondary N) is 1. The molecule has 18 heavy (non-hydrogen) atoms. The van der Waals surface area contributed by atoms with E-state index in [-0.39, 0.29) is 23.5 Å². The Labute approximate surface area is 109 Å². The molecule has 3 heterocycles. The molecule has 1 aromatic rings. The number of anilines is 1. The predicted octanol–water partition coefficient (Wildman–Crippen LogP) is 0.545. The number of hydrogen-bond donors (Lipinski definition) is 3. The number of hydrogen-bond acceptors (Lipinski definition) is 6. The largest absolute Gasteiger partial charge is 0.393 e. The molecule has 3 atom stereocenters. The molecule has 0 amide bonds. The summed E-state index contributed by atoms with van der Waals surface area (Å²) >= 11 is 1.64. The first kappa shape index (κ1) is 11.9. The van der Waals surface area contributed by atoms with E-state index in [1.807, 2.05) is 16.8 Å². The minimum Gasteiger partial charge on any atom is -0.393 e. The van der Waals surface area contributed by atoms with Crippen molar-refractivity contribution in [2.45, 2.75) is 23.8 Å². The minimum absolute atomic E-state index is 0.0337. The van der Waals surface area contributed by atoms with Crippen LogP contribution in [0.1, 0.15) is 18.7 Å². The minimum atomic E-state index is -0.155. The zero-order chi connectivity index (χ0) is 12.7. The monoisotopic (exact) mass is 268 g/mol. The Balaban J connectivity index is 1.92. The zero-order valence-electron chi connectivity index (χ0n) is 10.0. The van der Waals surface area contributed by atoms with Gasteiger partial charge in [0.1, 0.15) is 30.0 Å². The third kappa shape index (κ3) is 1.79. The first-order chi connectivity index (χ1) is 8.70. The first-order valence-corrected chi connectivity index (χ1v) is 6.81. The number of amidine groups is 1. The van der Waals surface area contributed by atoms with E-state index in [0.717, 1.165) is 11.4 Å². The number of aliphatic hydroxyl groups excluding tert-OH is 1. The number of nitrogens with zero attached hydrogens (tertiary/aromatic N) is 2. The number of aliphatic hydroxyl groups is 1. The Morgan fingerprint density at radius 3 is 3.28 bits per heavy atom. The average molecular weight is 268 g/mol. The summed E-state index contributed by atoms with van der Waals surface area (Å²) in [4.78, 5) is 4.15. The number of ether oxygens (including phenoxy) is 1. The van der Waals surface area contributed by atoms with Gasteiger partial charge in [0.15, 0.2) is 0 Å². The van der Waals surface area contributed by atoms with E-state index in [2.05, 4.69) is 17.2 Å². The van der Waals surface area contributed by atoms with Crippen LogP contribution in [-0.4, -0.2) is 39.5 Å². The number of aromatic nitrogens is 1. The second-order valence-electron chi connectivity index (χ2n) is 4.34. The molecular formula is C11H16N4O2S. The van der Waals surface area contributed by atoms with E-state index in [1.54, 1.807) is 11.8 Å². The topological polar surface area (TPSA) is 84.8 Å². The van der Waals surface area contributed by atoms with Crippen molar-refractivity contribution in [3.8, 4) is 0 Å². The van der Waals surface area contributed by atoms with Gasteiger partial charge >= 0.3 is 0 Å². The molecule has 3 rings (SSSR count). The molecule has 0 radical (unpaired) electrons. The molecule has 4 N–H and O–H groups in total. The molecule has 2 aliphatic rings. The van der Waals surface area contributed by atoms with Gasteiger partial charge in [0, 0.05) is 6.20 Å². The fourth-order valence-electron chi connectivity index (χ4n) is 2.32. The van der Waals surface area contributed by atoms with Crippen molar-refractivity contribution in [1.82, 2.24) is 4.57 Å². The predicted molar refractivity (Wildman–Crippen MR) is 71.7 cm³/mol. The summed E-state index contributed by atoms with van der Waals surface area (Å²) in [6, 6.07) is 1.94. The van der Waals surface area contributed by atoms with Gasteiger partial charge in [0.05, 0.1) is 17.4 Å². The Morgan fingerprint density at radius 1 is 1.72 bits per heavy atom. The van der Waals surface area contributed by atoms with Crippen LogP contribution in [0.2, 0.25) is 0 Å². The van der Waals surface area contributed by atoms with Crippen molar-refractivity contribution in [2.24, 2.45) is 10.7 Å². The third-order valence-electron chi connectivity index (χ3n) is 3.17. The fourth-order valence-corrected chi connectivity index (χ4v) is 3.39. The van der Waals surface area contributed by atoms with Crippen molar-refractivity contribution in [3.05, 3.63) is 17.8 Å². The highest BCUT2D eigenvalue weighted by Crippen LogP contribution is 2.40. The molecule has 1 fully saturated rings. The van der Waals surface area contributed by atoms with E-state index in [0.29, 0.717) is 12.5 Å². The fraction of sp³-hybridized carbons (Fsp3) is 0.545. The molecule has 0 saturated carbocycles. The molecule has 2 aliphatic heterocycles. The molecular weight excluding hydrogens is 252 g/mol. The van der Waals surface area contributed by atoms with Crippen LogP contribution in [-0.2, 0) is 4.74 Å². The van der Waals surface area contributed by atoms with Gasteiger partial charge in [-0.25, -0.2) is 4.99 Å². The Hall–Kier alpha value is -1.18. The van der Waals surface area contributed by atoms with Crippen LogP contribution >= 0.6 is 11.8 Å². The maximum Gasteiger partial charge on any atom is 0.148 e. The van der Waals surface area contributed by atoms with Crippen molar-refractivity contribution in [3.63, 3.8) is 0 Å². The molecule has 0 aliphatic carbocycles. The van der Waals surface area contributed by atoms with Crippen LogP contribution in [0.5, 0.6) is 0 Å². The molecule has 0 spiro atoms. The summed E-state index contributed by atoms with van der Waals surface area (Å²) in [6.07, 6.45) is 1.86. The third-order valence-corrected chi connectivity index (χ3v) is 4.40. The molecule has 0 aromatic carbocycles. The number of fused-ring (bicyclic) bond motifs is 1. The summed E-state index contributed by atoms with van der Waals surface area (Å²) in [5, 5.41) is 12.7. The van der Waals surface area contributed by atoms with Crippen LogP contribution in [0, 0.1) is 0 Å². The molecule has 0 bridgehead atoms. The zero-order valence-corrected chi connectivity index (χ0v) is 10.9. The summed E-state index contributed by atoms with van der Waals surface area (Å²) in [5.74, 6) is 1.50. The second-order valence-corrected chi connectivity index (χ2v) is 5.89. The standard InChI is InChI=1S/C11H16N4O2S/c1-6-11(17-8(4-16)18-6)15-3-2-7-9(12)13-5-14-10(7)15/h2-3,6,8,11,14,16H,4-5H2,1H3,(H2,12,13)/t6-,8-,11+/m0/s1. The maximum atomic E-state index is 9.17. The van der Waals surface area contributed by atoms with Gasteiger partial charge in [-0.1, -0.05) is 0 Å². The number of aliphatic imine (C=N–C) groups is 1. The van der Waals surface area contributed by atoms with Gasteiger partial charge in [0.2, 0.25) is 0 Å². The van der Waals surface area contributed by atoms with E-state index in [4.69, 9.17) is 15.6 Å². The van der Waals surface area contributed by atoms with Crippen molar-refractivity contribution >= 4 is 23.4 Å². The SMILES string of the molecule is C[C@@H]1S[C@@H](CO)O[C@H]1n1ccc2c1NCN=C2N. The van der Waals surface area contributed by atoms with E-state index in [9.17, 15) is 0 Å². The van der Waals surface area contributed by atoms with Crippen molar-refractivity contribution in [1.29, 1.82) is 0 Å². The Kier molecular flexibility index (Phi) is 2.96. The molecule has 7 heteroatoms. The summed E-state index contributed by atoms with van der Waals surface area (Å²) in [6.45, 7) is 2.62. The molecule has 6 nitrogen and oxygen atoms in total. The lowest BCUT2D eigenvalue weighted by Crippen LogP contribution is -2.25. The molecule has 98 valence electrons. The lowest BCUT2D eigenvalue weighted by Gasteiger charge is -2.22. The summed E-state index contributed by atoms with van der Waals surface area (Å²) in [7, 11) is 0. The van der Waals surface area contributed by atoms with Crippen LogP contribution in [0.4, 0.5) is 5.82 Å². The normalized spacial score (nSPS) is 30.8. The van der Waals surface area contributed by atoms with Crippen molar-refractivity contribution < 1.29 is 9.84 Å². The van der Waals surface area contributed by atoms with E-state index >= 15 is 0 Å². The number of rotatable bonds is 2. The highest BCUT2D eigenvalue weighted by Gasteiger charge is 2.35. The van der Waals surface area contributed by atoms with Gasteiger partial charge in [0.25, 0.3) is 0 Å². The van der Waals surface area contributed by atoms with Crippen LogP contribution in [0.15, 0.2) is 17.3 Å². The first-order valence-electron chi connectivity index (χ1n) is 5.87. The van der Waals surface area contributed by atoms with E-state index < -0.39 is 0 Å². The quantitative estimate of drug-likeness (QED) is 0.729. The van der Waals surface area contributed by atoms with Gasteiger partial charge in [-0.2, -0.15) is 0 Å². The molecule has 1 aromatic heterocycles. The smallest absolute Gasteiger partial charge is 0.148 e. The van der Waals surface area contributed by atoms with Gasteiger partial charge in [-0.05, 0) is 13.0 Å². The highest BCUT2D eigenvalue weighted by atomic mass is 32.2. The summed E-state index contributed by atoms with van der Waals surface area (Å²) < 4.78 is 7.86. The van der Waals surface area contributed by atoms with Gasteiger partial charge in [-0.15, -0.1) is 11.8 Å². The lowest BCUT2D eigenvalue weighted by atomic mass is 10.2. The maximum absolute atomic E-state index is 9.17. The Morgan fingerprint density at radius 2 is 2.56 bits per heavy atom. The summed E-state index contributed by atoms with van der Waals surface area (Å²) in [5.41, 5.74) is 6.61. The number of nitrogens with two attached hydrogens (primary N) is 1.